The maximum Gasteiger partial charge on any atom is 0.259 e. The second kappa shape index (κ2) is 6.40. The van der Waals surface area contributed by atoms with E-state index >= 15 is 0 Å². The molecule has 0 atom stereocenters. The van der Waals surface area contributed by atoms with Crippen LogP contribution in [0.2, 0.25) is 0 Å². The molecule has 0 radical (unpaired) electrons. The molecular formula is C15H19N3O2. The zero-order chi connectivity index (χ0) is 14.4. The number of nitrogens with zero attached hydrogens (tertiary/aromatic N) is 1. The monoisotopic (exact) mass is 273 g/mol. The summed E-state index contributed by atoms with van der Waals surface area (Å²) < 4.78 is 5.40. The Labute approximate surface area is 118 Å². The molecule has 0 heterocycles. The molecule has 5 heteroatoms. The van der Waals surface area contributed by atoms with Gasteiger partial charge in [0.1, 0.15) is 11.3 Å². The van der Waals surface area contributed by atoms with Crippen LogP contribution in [0.4, 0.5) is 0 Å². The van der Waals surface area contributed by atoms with Crippen molar-refractivity contribution in [1.82, 2.24) is 5.32 Å². The van der Waals surface area contributed by atoms with Crippen molar-refractivity contribution < 1.29 is 9.53 Å². The molecule has 20 heavy (non-hydrogen) atoms. The van der Waals surface area contributed by atoms with E-state index in [2.05, 4.69) is 11.4 Å². The zero-order valence-corrected chi connectivity index (χ0v) is 11.4. The number of nitrogens with two attached hydrogens (primary N) is 1. The Hall–Kier alpha value is -2.06. The average molecular weight is 273 g/mol. The summed E-state index contributed by atoms with van der Waals surface area (Å²) in [5.41, 5.74) is 5.83. The highest BCUT2D eigenvalue weighted by Crippen LogP contribution is 2.28. The first kappa shape index (κ1) is 14.4. The molecule has 0 aliphatic heterocycles. The minimum atomic E-state index is -0.691. The fourth-order valence-corrected chi connectivity index (χ4v) is 2.42. The van der Waals surface area contributed by atoms with Crippen molar-refractivity contribution >= 4 is 5.91 Å². The van der Waals surface area contributed by atoms with E-state index < -0.39 is 5.54 Å². The Morgan fingerprint density at radius 3 is 2.55 bits per heavy atom. The largest absolute Gasteiger partial charge is 0.484 e. The van der Waals surface area contributed by atoms with Crippen LogP contribution in [0.1, 0.15) is 31.2 Å². The van der Waals surface area contributed by atoms with E-state index in [1.54, 1.807) is 12.1 Å². The maximum absolute atomic E-state index is 11.9. The number of ether oxygens (including phenoxy) is 1. The van der Waals surface area contributed by atoms with Crippen molar-refractivity contribution in [3.8, 4) is 11.8 Å². The van der Waals surface area contributed by atoms with Gasteiger partial charge in [-0.25, -0.2) is 0 Å². The van der Waals surface area contributed by atoms with Crippen molar-refractivity contribution in [2.45, 2.75) is 37.8 Å². The number of benzene rings is 1. The Kier molecular flexibility index (Phi) is 4.59. The highest BCUT2D eigenvalue weighted by Gasteiger charge is 2.35. The lowest BCUT2D eigenvalue weighted by Gasteiger charge is -2.21. The van der Waals surface area contributed by atoms with Crippen molar-refractivity contribution in [3.05, 3.63) is 29.8 Å². The Bertz CT molecular complexity index is 499. The van der Waals surface area contributed by atoms with E-state index in [9.17, 15) is 10.1 Å². The fourth-order valence-electron chi connectivity index (χ4n) is 2.42. The average Bonchev–Trinajstić information content (AvgIpc) is 2.95. The first-order valence-corrected chi connectivity index (χ1v) is 6.81. The highest BCUT2D eigenvalue weighted by atomic mass is 16.5. The van der Waals surface area contributed by atoms with Gasteiger partial charge in [0.2, 0.25) is 0 Å². The van der Waals surface area contributed by atoms with Gasteiger partial charge in [-0.2, -0.15) is 5.26 Å². The highest BCUT2D eigenvalue weighted by molar-refractivity contribution is 5.79. The normalized spacial score (nSPS) is 16.4. The number of hydrogen-bond acceptors (Lipinski definition) is 4. The van der Waals surface area contributed by atoms with E-state index in [4.69, 9.17) is 10.5 Å². The van der Waals surface area contributed by atoms with Crippen LogP contribution in [0.5, 0.6) is 5.75 Å². The maximum atomic E-state index is 11.9. The molecule has 1 saturated carbocycles. The second-order valence-corrected chi connectivity index (χ2v) is 5.09. The second-order valence-electron chi connectivity index (χ2n) is 5.09. The standard InChI is InChI=1S/C15H19N3O2/c16-9-12-3-5-13(6-4-12)20-10-14(19)18-15(11-17)7-1-2-8-15/h3-6H,1-2,7-10,16H2,(H,18,19). The van der Waals surface area contributed by atoms with E-state index in [0.29, 0.717) is 12.3 Å². The number of rotatable bonds is 5. The quantitative estimate of drug-likeness (QED) is 0.850. The van der Waals surface area contributed by atoms with Crippen LogP contribution in [0.3, 0.4) is 0 Å². The molecule has 5 nitrogen and oxygen atoms in total. The number of amides is 1. The zero-order valence-electron chi connectivity index (χ0n) is 11.4. The van der Waals surface area contributed by atoms with Crippen LogP contribution in [0.15, 0.2) is 24.3 Å². The molecule has 1 aliphatic rings. The van der Waals surface area contributed by atoms with Gasteiger partial charge in [-0.1, -0.05) is 12.1 Å². The Morgan fingerprint density at radius 1 is 1.35 bits per heavy atom. The van der Waals surface area contributed by atoms with E-state index in [-0.39, 0.29) is 12.5 Å². The minimum absolute atomic E-state index is 0.0780. The summed E-state index contributed by atoms with van der Waals surface area (Å²) >= 11 is 0. The smallest absolute Gasteiger partial charge is 0.259 e. The molecular weight excluding hydrogens is 254 g/mol. The van der Waals surface area contributed by atoms with Crippen LogP contribution in [-0.2, 0) is 11.3 Å². The fraction of sp³-hybridized carbons (Fsp3) is 0.467. The third kappa shape index (κ3) is 3.49. The van der Waals surface area contributed by atoms with Gasteiger partial charge in [0.25, 0.3) is 5.91 Å². The number of carbonyl (C=O) groups excluding carboxylic acids is 1. The molecule has 1 amide bonds. The summed E-state index contributed by atoms with van der Waals surface area (Å²) in [6.45, 7) is 0.400. The van der Waals surface area contributed by atoms with E-state index in [0.717, 1.165) is 31.2 Å². The predicted octanol–water partition coefficient (Wildman–Crippen LogP) is 1.48. The third-order valence-electron chi connectivity index (χ3n) is 3.58. The molecule has 0 unspecified atom stereocenters. The van der Waals surface area contributed by atoms with Crippen LogP contribution in [0.25, 0.3) is 0 Å². The van der Waals surface area contributed by atoms with E-state index in [1.807, 2.05) is 12.1 Å². The van der Waals surface area contributed by atoms with Gasteiger partial charge < -0.3 is 15.8 Å². The SMILES string of the molecule is N#CC1(NC(=O)COc2ccc(CN)cc2)CCCC1. The van der Waals surface area contributed by atoms with Crippen molar-refractivity contribution in [2.75, 3.05) is 6.61 Å². The van der Waals surface area contributed by atoms with Crippen LogP contribution >= 0.6 is 0 Å². The third-order valence-corrected chi connectivity index (χ3v) is 3.58. The number of carbonyl (C=O) groups is 1. The van der Waals surface area contributed by atoms with Gasteiger partial charge in [-0.15, -0.1) is 0 Å². The molecule has 3 N–H and O–H groups in total. The summed E-state index contributed by atoms with van der Waals surface area (Å²) in [6, 6.07) is 9.51. The van der Waals surface area contributed by atoms with Gasteiger partial charge in [0.15, 0.2) is 6.61 Å². The van der Waals surface area contributed by atoms with Crippen molar-refractivity contribution in [1.29, 1.82) is 5.26 Å². The van der Waals surface area contributed by atoms with Crippen molar-refractivity contribution in [3.63, 3.8) is 0 Å². The molecule has 1 fully saturated rings. The van der Waals surface area contributed by atoms with Crippen LogP contribution < -0.4 is 15.8 Å². The molecule has 0 saturated heterocycles. The molecule has 0 bridgehead atoms. The number of nitriles is 1. The molecule has 1 aromatic rings. The van der Waals surface area contributed by atoms with Crippen molar-refractivity contribution in [2.24, 2.45) is 5.73 Å². The van der Waals surface area contributed by atoms with Crippen LogP contribution in [-0.4, -0.2) is 18.1 Å². The Balaban J connectivity index is 1.84. The van der Waals surface area contributed by atoms with E-state index in [1.165, 1.54) is 0 Å². The summed E-state index contributed by atoms with van der Waals surface area (Å²) in [4.78, 5) is 11.9. The van der Waals surface area contributed by atoms with Gasteiger partial charge in [-0.05, 0) is 43.4 Å². The molecule has 106 valence electrons. The van der Waals surface area contributed by atoms with Gasteiger partial charge in [0, 0.05) is 6.54 Å². The van der Waals surface area contributed by atoms with Gasteiger partial charge in [-0.3, -0.25) is 4.79 Å². The lowest BCUT2D eigenvalue weighted by Crippen LogP contribution is -2.47. The summed E-state index contributed by atoms with van der Waals surface area (Å²) in [5, 5.41) is 12.0. The summed E-state index contributed by atoms with van der Waals surface area (Å²) in [6.07, 6.45) is 3.41. The number of hydrogen-bond donors (Lipinski definition) is 2. The van der Waals surface area contributed by atoms with Crippen LogP contribution in [0, 0.1) is 11.3 Å². The Morgan fingerprint density at radius 2 is 2.00 bits per heavy atom. The predicted molar refractivity (Wildman–Crippen MR) is 74.8 cm³/mol. The molecule has 1 aromatic carbocycles. The van der Waals surface area contributed by atoms with Gasteiger partial charge in [0.05, 0.1) is 6.07 Å². The lowest BCUT2D eigenvalue weighted by atomic mass is 10.00. The molecule has 0 aromatic heterocycles. The first-order chi connectivity index (χ1) is 9.67. The van der Waals surface area contributed by atoms with Gasteiger partial charge >= 0.3 is 0 Å². The lowest BCUT2D eigenvalue weighted by molar-refractivity contribution is -0.124. The molecule has 2 rings (SSSR count). The topological polar surface area (TPSA) is 88.1 Å². The minimum Gasteiger partial charge on any atom is -0.484 e. The summed E-state index contributed by atoms with van der Waals surface area (Å²) in [7, 11) is 0. The first-order valence-electron chi connectivity index (χ1n) is 6.81. The molecule has 1 aliphatic carbocycles. The number of nitrogens with one attached hydrogen (secondary N) is 1. The molecule has 0 spiro atoms. The summed E-state index contributed by atoms with van der Waals surface area (Å²) in [5.74, 6) is 0.367.